The summed E-state index contributed by atoms with van der Waals surface area (Å²) in [5.41, 5.74) is -0.166. The van der Waals surface area contributed by atoms with Crippen LogP contribution in [-0.4, -0.2) is 19.0 Å². The minimum atomic E-state index is -0.861. The fourth-order valence-electron chi connectivity index (χ4n) is 1.10. The molecule has 1 amide bonds. The van der Waals surface area contributed by atoms with Crippen molar-refractivity contribution >= 4 is 29.2 Å². The summed E-state index contributed by atoms with van der Waals surface area (Å²) >= 11 is 5.63. The number of hydrogen-bond donors (Lipinski definition) is 1. The predicted octanol–water partition coefficient (Wildman–Crippen LogP) is 2.22. The zero-order valence-electron chi connectivity index (χ0n) is 8.64. The number of carbonyl (C=O) groups is 2. The number of esters is 1. The maximum Gasteiger partial charge on any atom is 0.339 e. The largest absolute Gasteiger partial charge is 0.465 e. The van der Waals surface area contributed by atoms with E-state index in [0.29, 0.717) is 0 Å². The van der Waals surface area contributed by atoms with Crippen LogP contribution in [0.2, 0.25) is 5.02 Å². The molecule has 16 heavy (non-hydrogen) atoms. The number of rotatable bonds is 2. The lowest BCUT2D eigenvalue weighted by atomic mass is 10.2. The van der Waals surface area contributed by atoms with Crippen molar-refractivity contribution in [1.82, 2.24) is 0 Å². The van der Waals surface area contributed by atoms with E-state index in [2.05, 4.69) is 10.1 Å². The molecule has 0 unspecified atom stereocenters. The predicted molar refractivity (Wildman–Crippen MR) is 57.1 cm³/mol. The number of carbonyl (C=O) groups excluding carboxylic acids is 2. The Morgan fingerprint density at radius 3 is 2.56 bits per heavy atom. The van der Waals surface area contributed by atoms with Crippen LogP contribution in [0.3, 0.4) is 0 Å². The Kier molecular flexibility index (Phi) is 3.84. The standard InChI is InChI=1S/C10H9ClFNO3/c1-5(14)13-7-4-3-6(10(15)16-2)8(11)9(7)12/h3-4H,1-2H3,(H,13,14). The molecule has 4 nitrogen and oxygen atoms in total. The summed E-state index contributed by atoms with van der Waals surface area (Å²) in [6.45, 7) is 1.24. The summed E-state index contributed by atoms with van der Waals surface area (Å²) in [5.74, 6) is -2.03. The molecule has 1 N–H and O–H groups in total. The van der Waals surface area contributed by atoms with Gasteiger partial charge in [0.2, 0.25) is 5.91 Å². The Labute approximate surface area is 96.3 Å². The molecule has 0 spiro atoms. The summed E-state index contributed by atoms with van der Waals surface area (Å²) in [7, 11) is 1.16. The highest BCUT2D eigenvalue weighted by Gasteiger charge is 2.17. The quantitative estimate of drug-likeness (QED) is 0.813. The summed E-state index contributed by atoms with van der Waals surface area (Å²) in [4.78, 5) is 21.9. The highest BCUT2D eigenvalue weighted by molar-refractivity contribution is 6.34. The van der Waals surface area contributed by atoms with Crippen LogP contribution in [-0.2, 0) is 9.53 Å². The molecule has 0 aliphatic rings. The van der Waals surface area contributed by atoms with Crippen molar-refractivity contribution in [3.8, 4) is 0 Å². The van der Waals surface area contributed by atoms with Gasteiger partial charge in [-0.2, -0.15) is 0 Å². The average Bonchev–Trinajstić information content (AvgIpc) is 2.23. The Bertz CT molecular complexity index is 448. The Balaban J connectivity index is 3.17. The minimum absolute atomic E-state index is 0.0786. The van der Waals surface area contributed by atoms with Crippen LogP contribution < -0.4 is 5.32 Å². The van der Waals surface area contributed by atoms with Gasteiger partial charge >= 0.3 is 5.97 Å². The zero-order valence-corrected chi connectivity index (χ0v) is 9.39. The molecular formula is C10H9ClFNO3. The van der Waals surface area contributed by atoms with Gasteiger partial charge in [0.05, 0.1) is 23.4 Å². The van der Waals surface area contributed by atoms with Crippen molar-refractivity contribution in [2.24, 2.45) is 0 Å². The maximum absolute atomic E-state index is 13.6. The van der Waals surface area contributed by atoms with E-state index in [-0.39, 0.29) is 16.3 Å². The molecule has 0 saturated heterocycles. The first kappa shape index (κ1) is 12.4. The van der Waals surface area contributed by atoms with Crippen LogP contribution in [0.15, 0.2) is 12.1 Å². The van der Waals surface area contributed by atoms with Gasteiger partial charge in [-0.15, -0.1) is 0 Å². The third kappa shape index (κ3) is 2.49. The molecule has 0 heterocycles. The molecule has 1 aromatic rings. The Morgan fingerprint density at radius 2 is 2.06 bits per heavy atom. The van der Waals surface area contributed by atoms with Gasteiger partial charge in [-0.1, -0.05) is 11.6 Å². The SMILES string of the molecule is COC(=O)c1ccc(NC(C)=O)c(F)c1Cl. The first-order valence-corrected chi connectivity index (χ1v) is 4.69. The molecule has 0 saturated carbocycles. The van der Waals surface area contributed by atoms with E-state index in [9.17, 15) is 14.0 Å². The molecule has 1 aromatic carbocycles. The highest BCUT2D eigenvalue weighted by atomic mass is 35.5. The van der Waals surface area contributed by atoms with Gasteiger partial charge in [-0.3, -0.25) is 4.79 Å². The van der Waals surface area contributed by atoms with Crippen LogP contribution in [0, 0.1) is 5.82 Å². The zero-order chi connectivity index (χ0) is 12.3. The molecule has 0 fully saturated rings. The lowest BCUT2D eigenvalue weighted by molar-refractivity contribution is -0.114. The van der Waals surface area contributed by atoms with E-state index in [1.165, 1.54) is 19.1 Å². The van der Waals surface area contributed by atoms with Gasteiger partial charge in [0.1, 0.15) is 0 Å². The van der Waals surface area contributed by atoms with E-state index in [1.807, 2.05) is 0 Å². The maximum atomic E-state index is 13.6. The number of amides is 1. The van der Waals surface area contributed by atoms with Gasteiger partial charge in [0.15, 0.2) is 5.82 Å². The van der Waals surface area contributed by atoms with E-state index < -0.39 is 17.7 Å². The molecular weight excluding hydrogens is 237 g/mol. The van der Waals surface area contributed by atoms with Crippen molar-refractivity contribution in [3.63, 3.8) is 0 Å². The average molecular weight is 246 g/mol. The van der Waals surface area contributed by atoms with Crippen molar-refractivity contribution in [2.75, 3.05) is 12.4 Å². The summed E-state index contributed by atoms with van der Waals surface area (Å²) in [6, 6.07) is 2.53. The molecule has 0 aliphatic carbocycles. The lowest BCUT2D eigenvalue weighted by Gasteiger charge is -2.08. The van der Waals surface area contributed by atoms with Crippen molar-refractivity contribution in [2.45, 2.75) is 6.92 Å². The van der Waals surface area contributed by atoms with Crippen LogP contribution >= 0.6 is 11.6 Å². The molecule has 0 radical (unpaired) electrons. The fraction of sp³-hybridized carbons (Fsp3) is 0.200. The minimum Gasteiger partial charge on any atom is -0.465 e. The number of halogens is 2. The smallest absolute Gasteiger partial charge is 0.339 e. The normalized spacial score (nSPS) is 9.75. The van der Waals surface area contributed by atoms with Crippen LogP contribution in [0.5, 0.6) is 0 Å². The highest BCUT2D eigenvalue weighted by Crippen LogP contribution is 2.27. The molecule has 0 atom stereocenters. The third-order valence-corrected chi connectivity index (χ3v) is 2.17. The molecule has 0 bridgehead atoms. The number of anilines is 1. The first-order valence-electron chi connectivity index (χ1n) is 4.31. The van der Waals surface area contributed by atoms with Crippen molar-refractivity contribution < 1.29 is 18.7 Å². The van der Waals surface area contributed by atoms with Gasteiger partial charge in [-0.25, -0.2) is 9.18 Å². The molecule has 0 aromatic heterocycles. The number of benzene rings is 1. The molecule has 0 aliphatic heterocycles. The number of methoxy groups -OCH3 is 1. The second kappa shape index (κ2) is 4.94. The second-order valence-corrected chi connectivity index (χ2v) is 3.34. The molecule has 86 valence electrons. The summed E-state index contributed by atoms with van der Waals surface area (Å²) in [5, 5.41) is 1.87. The number of ether oxygens (including phenoxy) is 1. The van der Waals surface area contributed by atoms with Gasteiger partial charge in [0.25, 0.3) is 0 Å². The lowest BCUT2D eigenvalue weighted by Crippen LogP contribution is -2.10. The number of hydrogen-bond acceptors (Lipinski definition) is 3. The second-order valence-electron chi connectivity index (χ2n) is 2.96. The monoisotopic (exact) mass is 245 g/mol. The summed E-state index contributed by atoms with van der Waals surface area (Å²) in [6.07, 6.45) is 0. The van der Waals surface area contributed by atoms with Gasteiger partial charge in [0, 0.05) is 6.92 Å². The van der Waals surface area contributed by atoms with E-state index in [0.717, 1.165) is 7.11 Å². The Hall–Kier alpha value is -1.62. The van der Waals surface area contributed by atoms with Crippen LogP contribution in [0.25, 0.3) is 0 Å². The van der Waals surface area contributed by atoms with E-state index in [1.54, 1.807) is 0 Å². The molecule has 1 rings (SSSR count). The van der Waals surface area contributed by atoms with Crippen LogP contribution in [0.1, 0.15) is 17.3 Å². The van der Waals surface area contributed by atoms with E-state index in [4.69, 9.17) is 11.6 Å². The first-order chi connectivity index (χ1) is 7.47. The number of nitrogens with one attached hydrogen (secondary N) is 1. The van der Waals surface area contributed by atoms with Gasteiger partial charge in [-0.05, 0) is 12.1 Å². The molecule has 6 heteroatoms. The fourth-order valence-corrected chi connectivity index (χ4v) is 1.35. The topological polar surface area (TPSA) is 55.4 Å². The third-order valence-electron chi connectivity index (χ3n) is 1.80. The Morgan fingerprint density at radius 1 is 1.44 bits per heavy atom. The van der Waals surface area contributed by atoms with Crippen LogP contribution in [0.4, 0.5) is 10.1 Å². The van der Waals surface area contributed by atoms with E-state index >= 15 is 0 Å². The van der Waals surface area contributed by atoms with Crippen molar-refractivity contribution in [3.05, 3.63) is 28.5 Å². The van der Waals surface area contributed by atoms with Crippen molar-refractivity contribution in [1.29, 1.82) is 0 Å². The summed E-state index contributed by atoms with van der Waals surface area (Å²) < 4.78 is 18.0. The van der Waals surface area contributed by atoms with Gasteiger partial charge < -0.3 is 10.1 Å².